The molecule has 0 atom stereocenters. The van der Waals surface area contributed by atoms with Crippen molar-refractivity contribution in [2.75, 3.05) is 56.2 Å². The van der Waals surface area contributed by atoms with E-state index < -0.39 is 0 Å². The predicted molar refractivity (Wildman–Crippen MR) is 134 cm³/mol. The summed E-state index contributed by atoms with van der Waals surface area (Å²) >= 11 is 0. The molecule has 2 aliphatic rings. The Kier molecular flexibility index (Phi) is 6.79. The summed E-state index contributed by atoms with van der Waals surface area (Å²) in [6.45, 7) is 4.54. The third kappa shape index (κ3) is 5.21. The van der Waals surface area contributed by atoms with Gasteiger partial charge in [-0.3, -0.25) is 4.79 Å². The molecule has 3 heterocycles. The topological polar surface area (TPSA) is 61.8 Å². The second-order valence-corrected chi connectivity index (χ2v) is 9.04. The van der Waals surface area contributed by atoms with E-state index in [0.717, 1.165) is 67.5 Å². The van der Waals surface area contributed by atoms with E-state index in [1.807, 2.05) is 35.2 Å². The zero-order chi connectivity index (χ0) is 24.2. The number of anilines is 2. The molecule has 8 heteroatoms. The molecule has 1 aromatic heterocycles. The van der Waals surface area contributed by atoms with Crippen LogP contribution in [0, 0.1) is 11.7 Å². The summed E-state index contributed by atoms with van der Waals surface area (Å²) in [4.78, 5) is 28.5. The van der Waals surface area contributed by atoms with Crippen LogP contribution in [0.4, 0.5) is 15.9 Å². The van der Waals surface area contributed by atoms with Crippen molar-refractivity contribution >= 4 is 17.4 Å². The maximum absolute atomic E-state index is 13.2. The first-order chi connectivity index (χ1) is 17.1. The van der Waals surface area contributed by atoms with Crippen LogP contribution in [-0.4, -0.2) is 67.2 Å². The standard InChI is InChI=1S/C27H30FN5O2/c1-35-24-8-2-20(3-9-24)25-18-26(30-19-29-25)32-12-10-21(11-13-32)27(34)33-16-14-31(15-17-33)23-6-4-22(28)5-7-23/h2-9,18-19,21H,10-17H2,1H3. The van der Waals surface area contributed by atoms with Gasteiger partial charge in [0.05, 0.1) is 12.8 Å². The minimum Gasteiger partial charge on any atom is -0.497 e. The Morgan fingerprint density at radius 1 is 0.886 bits per heavy atom. The first-order valence-electron chi connectivity index (χ1n) is 12.1. The number of nitrogens with zero attached hydrogens (tertiary/aromatic N) is 5. The van der Waals surface area contributed by atoms with Crippen molar-refractivity contribution in [3.05, 3.63) is 66.7 Å². The molecule has 3 aromatic rings. The Bertz CT molecular complexity index is 1140. The van der Waals surface area contributed by atoms with E-state index in [0.29, 0.717) is 13.1 Å². The number of amides is 1. The first kappa shape index (κ1) is 23.1. The van der Waals surface area contributed by atoms with Crippen LogP contribution in [0.3, 0.4) is 0 Å². The van der Waals surface area contributed by atoms with E-state index >= 15 is 0 Å². The number of hydrogen-bond acceptors (Lipinski definition) is 6. The smallest absolute Gasteiger partial charge is 0.225 e. The Balaban J connectivity index is 1.15. The minimum atomic E-state index is -0.229. The summed E-state index contributed by atoms with van der Waals surface area (Å²) in [7, 11) is 1.65. The van der Waals surface area contributed by atoms with E-state index in [-0.39, 0.29) is 17.6 Å². The van der Waals surface area contributed by atoms with Crippen molar-refractivity contribution in [2.24, 2.45) is 5.92 Å². The van der Waals surface area contributed by atoms with Gasteiger partial charge < -0.3 is 19.4 Å². The van der Waals surface area contributed by atoms with Gasteiger partial charge >= 0.3 is 0 Å². The number of halogens is 1. The Morgan fingerprint density at radius 2 is 1.57 bits per heavy atom. The maximum atomic E-state index is 13.2. The third-order valence-corrected chi connectivity index (χ3v) is 6.99. The zero-order valence-electron chi connectivity index (χ0n) is 19.9. The summed E-state index contributed by atoms with van der Waals surface area (Å²) < 4.78 is 18.4. The molecule has 0 saturated carbocycles. The van der Waals surface area contributed by atoms with E-state index in [4.69, 9.17) is 4.74 Å². The molecule has 1 amide bonds. The molecule has 5 rings (SSSR count). The summed E-state index contributed by atoms with van der Waals surface area (Å²) in [5.74, 6) is 1.78. The molecule has 0 aliphatic carbocycles. The van der Waals surface area contributed by atoms with Gasteiger partial charge in [0.2, 0.25) is 5.91 Å². The second kappa shape index (κ2) is 10.3. The van der Waals surface area contributed by atoms with Crippen molar-refractivity contribution in [1.82, 2.24) is 14.9 Å². The largest absolute Gasteiger partial charge is 0.497 e. The molecule has 0 radical (unpaired) electrons. The van der Waals surface area contributed by atoms with Gasteiger partial charge in [-0.2, -0.15) is 0 Å². The molecule has 0 unspecified atom stereocenters. The van der Waals surface area contributed by atoms with Crippen LogP contribution in [-0.2, 0) is 4.79 Å². The van der Waals surface area contributed by atoms with Crippen molar-refractivity contribution in [3.63, 3.8) is 0 Å². The van der Waals surface area contributed by atoms with Gasteiger partial charge in [0, 0.05) is 62.5 Å². The average molecular weight is 476 g/mol. The van der Waals surface area contributed by atoms with E-state index in [2.05, 4.69) is 19.8 Å². The van der Waals surface area contributed by atoms with Crippen LogP contribution in [0.1, 0.15) is 12.8 Å². The van der Waals surface area contributed by atoms with Crippen LogP contribution in [0.2, 0.25) is 0 Å². The minimum absolute atomic E-state index is 0.0477. The fourth-order valence-electron chi connectivity index (χ4n) is 4.89. The molecule has 2 aromatic carbocycles. The van der Waals surface area contributed by atoms with Crippen molar-refractivity contribution in [2.45, 2.75) is 12.8 Å². The third-order valence-electron chi connectivity index (χ3n) is 6.99. The number of benzene rings is 2. The van der Waals surface area contributed by atoms with Crippen LogP contribution in [0.25, 0.3) is 11.3 Å². The van der Waals surface area contributed by atoms with Gasteiger partial charge in [-0.15, -0.1) is 0 Å². The average Bonchev–Trinajstić information content (AvgIpc) is 2.93. The van der Waals surface area contributed by atoms with Gasteiger partial charge in [0.25, 0.3) is 0 Å². The Labute approximate surface area is 205 Å². The highest BCUT2D eigenvalue weighted by atomic mass is 19.1. The van der Waals surface area contributed by atoms with Crippen LogP contribution in [0.5, 0.6) is 5.75 Å². The first-order valence-corrected chi connectivity index (χ1v) is 12.1. The number of carbonyl (C=O) groups excluding carboxylic acids is 1. The van der Waals surface area contributed by atoms with E-state index in [1.54, 1.807) is 25.6 Å². The van der Waals surface area contributed by atoms with Gasteiger partial charge in [-0.1, -0.05) is 0 Å². The van der Waals surface area contributed by atoms with Gasteiger partial charge in [0.15, 0.2) is 0 Å². The lowest BCUT2D eigenvalue weighted by Crippen LogP contribution is -2.51. The molecular weight excluding hydrogens is 445 g/mol. The monoisotopic (exact) mass is 475 g/mol. The number of piperazine rings is 1. The van der Waals surface area contributed by atoms with Crippen LogP contribution >= 0.6 is 0 Å². The molecule has 0 bridgehead atoms. The summed E-state index contributed by atoms with van der Waals surface area (Å²) in [5, 5.41) is 0. The number of hydrogen-bond donors (Lipinski definition) is 0. The Hall–Kier alpha value is -3.68. The molecule has 0 N–H and O–H groups in total. The number of rotatable bonds is 5. The summed E-state index contributed by atoms with van der Waals surface area (Å²) in [5.41, 5.74) is 2.89. The second-order valence-electron chi connectivity index (χ2n) is 9.04. The number of piperidine rings is 1. The molecular formula is C27H30FN5O2. The highest BCUT2D eigenvalue weighted by Gasteiger charge is 2.31. The van der Waals surface area contributed by atoms with Crippen molar-refractivity contribution < 1.29 is 13.9 Å². The van der Waals surface area contributed by atoms with Crippen molar-refractivity contribution in [1.29, 1.82) is 0 Å². The molecule has 2 aliphatic heterocycles. The lowest BCUT2D eigenvalue weighted by molar-refractivity contribution is -0.136. The SMILES string of the molecule is COc1ccc(-c2cc(N3CCC(C(=O)N4CCN(c5ccc(F)cc5)CC4)CC3)ncn2)cc1. The van der Waals surface area contributed by atoms with E-state index in [9.17, 15) is 9.18 Å². The van der Waals surface area contributed by atoms with Crippen LogP contribution in [0.15, 0.2) is 60.9 Å². The summed E-state index contributed by atoms with van der Waals surface area (Å²) in [6.07, 6.45) is 3.24. The lowest BCUT2D eigenvalue weighted by atomic mass is 9.95. The molecule has 7 nitrogen and oxygen atoms in total. The summed E-state index contributed by atoms with van der Waals surface area (Å²) in [6, 6.07) is 16.4. The number of methoxy groups -OCH3 is 1. The Morgan fingerprint density at radius 3 is 2.23 bits per heavy atom. The quantitative estimate of drug-likeness (QED) is 0.559. The number of ether oxygens (including phenoxy) is 1. The molecule has 2 saturated heterocycles. The fourth-order valence-corrected chi connectivity index (χ4v) is 4.89. The maximum Gasteiger partial charge on any atom is 0.225 e. The highest BCUT2D eigenvalue weighted by Crippen LogP contribution is 2.27. The highest BCUT2D eigenvalue weighted by molar-refractivity contribution is 5.79. The van der Waals surface area contributed by atoms with Crippen LogP contribution < -0.4 is 14.5 Å². The zero-order valence-corrected chi connectivity index (χ0v) is 19.9. The molecule has 0 spiro atoms. The number of aromatic nitrogens is 2. The van der Waals surface area contributed by atoms with E-state index in [1.165, 1.54) is 12.1 Å². The van der Waals surface area contributed by atoms with Crippen molar-refractivity contribution in [3.8, 4) is 17.0 Å². The van der Waals surface area contributed by atoms with Gasteiger partial charge in [0.1, 0.15) is 23.7 Å². The molecule has 2 fully saturated rings. The predicted octanol–water partition coefficient (Wildman–Crippen LogP) is 3.86. The van der Waals surface area contributed by atoms with Gasteiger partial charge in [-0.25, -0.2) is 14.4 Å². The number of carbonyl (C=O) groups is 1. The van der Waals surface area contributed by atoms with Gasteiger partial charge in [-0.05, 0) is 61.4 Å². The fraction of sp³-hybridized carbons (Fsp3) is 0.370. The lowest BCUT2D eigenvalue weighted by Gasteiger charge is -2.39. The normalized spacial score (nSPS) is 16.9. The molecule has 35 heavy (non-hydrogen) atoms. The molecule has 182 valence electrons.